The Morgan fingerprint density at radius 3 is 2.41 bits per heavy atom. The van der Waals surface area contributed by atoms with E-state index in [1.807, 2.05) is 30.3 Å². The SMILES string of the molecule is Cl.Cl.NCCc1ccc(Oc2ccc(F)c(C(=O)N3CCC(c4ccn[nH]4)CC3)c2)cc1. The first-order valence-electron chi connectivity index (χ1n) is 10.2. The summed E-state index contributed by atoms with van der Waals surface area (Å²) in [6.45, 7) is 1.74. The Morgan fingerprint density at radius 2 is 1.78 bits per heavy atom. The van der Waals surface area contributed by atoms with Crippen molar-refractivity contribution < 1.29 is 13.9 Å². The zero-order chi connectivity index (χ0) is 20.9. The van der Waals surface area contributed by atoms with E-state index in [0.717, 1.165) is 30.5 Å². The third-order valence-corrected chi connectivity index (χ3v) is 5.50. The van der Waals surface area contributed by atoms with Gasteiger partial charge < -0.3 is 15.4 Å². The lowest BCUT2D eigenvalue weighted by Crippen LogP contribution is -2.38. The molecule has 6 nitrogen and oxygen atoms in total. The van der Waals surface area contributed by atoms with E-state index in [9.17, 15) is 9.18 Å². The Kier molecular flexibility index (Phi) is 9.50. The third kappa shape index (κ3) is 6.00. The molecule has 1 saturated heterocycles. The van der Waals surface area contributed by atoms with Crippen LogP contribution in [0.4, 0.5) is 4.39 Å². The highest BCUT2D eigenvalue weighted by molar-refractivity contribution is 5.95. The van der Waals surface area contributed by atoms with Gasteiger partial charge in [0.05, 0.1) is 5.56 Å². The smallest absolute Gasteiger partial charge is 0.256 e. The molecule has 3 aromatic rings. The molecule has 0 unspecified atom stereocenters. The highest BCUT2D eigenvalue weighted by Crippen LogP contribution is 2.29. The minimum absolute atomic E-state index is 0. The first-order chi connectivity index (χ1) is 14.6. The second kappa shape index (κ2) is 11.9. The highest BCUT2D eigenvalue weighted by Gasteiger charge is 2.27. The summed E-state index contributed by atoms with van der Waals surface area (Å²) in [7, 11) is 0. The summed E-state index contributed by atoms with van der Waals surface area (Å²) in [5, 5.41) is 6.99. The average Bonchev–Trinajstić information content (AvgIpc) is 3.31. The van der Waals surface area contributed by atoms with Crippen LogP contribution in [-0.2, 0) is 6.42 Å². The summed E-state index contributed by atoms with van der Waals surface area (Å²) in [6, 6.07) is 13.8. The van der Waals surface area contributed by atoms with Crippen LogP contribution in [0.15, 0.2) is 54.7 Å². The normalized spacial score (nSPS) is 13.8. The topological polar surface area (TPSA) is 84.2 Å². The molecular formula is C23H27Cl2FN4O2. The number of nitrogens with one attached hydrogen (secondary N) is 1. The van der Waals surface area contributed by atoms with Crippen molar-refractivity contribution in [3.8, 4) is 11.5 Å². The number of hydrogen-bond acceptors (Lipinski definition) is 4. The number of hydrogen-bond donors (Lipinski definition) is 2. The van der Waals surface area contributed by atoms with E-state index in [0.29, 0.717) is 37.1 Å². The van der Waals surface area contributed by atoms with Gasteiger partial charge in [-0.05, 0) is 67.8 Å². The second-order valence-corrected chi connectivity index (χ2v) is 7.50. The molecule has 1 aliphatic heterocycles. The van der Waals surface area contributed by atoms with Crippen LogP contribution < -0.4 is 10.5 Å². The van der Waals surface area contributed by atoms with Gasteiger partial charge in [0.1, 0.15) is 17.3 Å². The van der Waals surface area contributed by atoms with Gasteiger partial charge in [0, 0.05) is 30.9 Å². The minimum atomic E-state index is -0.540. The van der Waals surface area contributed by atoms with Crippen molar-refractivity contribution in [1.82, 2.24) is 15.1 Å². The van der Waals surface area contributed by atoms with Crippen LogP contribution in [-0.4, -0.2) is 40.6 Å². The van der Waals surface area contributed by atoms with Gasteiger partial charge in [-0.2, -0.15) is 5.10 Å². The largest absolute Gasteiger partial charge is 0.457 e. The maximum absolute atomic E-state index is 14.4. The van der Waals surface area contributed by atoms with Gasteiger partial charge in [0.25, 0.3) is 5.91 Å². The lowest BCUT2D eigenvalue weighted by molar-refractivity contribution is 0.0707. The Balaban J connectivity index is 0.00000181. The lowest BCUT2D eigenvalue weighted by atomic mass is 9.93. The van der Waals surface area contributed by atoms with Crippen LogP contribution >= 0.6 is 24.8 Å². The van der Waals surface area contributed by atoms with E-state index in [1.54, 1.807) is 11.1 Å². The van der Waals surface area contributed by atoms with E-state index in [-0.39, 0.29) is 36.3 Å². The van der Waals surface area contributed by atoms with Gasteiger partial charge in [-0.15, -0.1) is 24.8 Å². The maximum atomic E-state index is 14.4. The predicted molar refractivity (Wildman–Crippen MR) is 127 cm³/mol. The maximum Gasteiger partial charge on any atom is 0.256 e. The number of rotatable bonds is 6. The Hall–Kier alpha value is -2.61. The quantitative estimate of drug-likeness (QED) is 0.535. The summed E-state index contributed by atoms with van der Waals surface area (Å²) in [4.78, 5) is 14.6. The van der Waals surface area contributed by atoms with Crippen molar-refractivity contribution in [3.63, 3.8) is 0 Å². The monoisotopic (exact) mass is 480 g/mol. The van der Waals surface area contributed by atoms with Gasteiger partial charge in [0.15, 0.2) is 0 Å². The number of benzene rings is 2. The molecule has 0 aliphatic carbocycles. The molecule has 0 spiro atoms. The van der Waals surface area contributed by atoms with E-state index < -0.39 is 5.82 Å². The molecule has 0 bridgehead atoms. The van der Waals surface area contributed by atoms with Crippen LogP contribution in [0.5, 0.6) is 11.5 Å². The molecule has 0 radical (unpaired) electrons. The number of H-pyrrole nitrogens is 1. The number of nitrogens with two attached hydrogens (primary N) is 1. The summed E-state index contributed by atoms with van der Waals surface area (Å²) in [6.07, 6.45) is 4.17. The van der Waals surface area contributed by atoms with Crippen molar-refractivity contribution in [2.24, 2.45) is 5.73 Å². The van der Waals surface area contributed by atoms with Gasteiger partial charge in [-0.3, -0.25) is 9.89 Å². The highest BCUT2D eigenvalue weighted by atomic mass is 35.5. The van der Waals surface area contributed by atoms with Crippen molar-refractivity contribution in [2.75, 3.05) is 19.6 Å². The number of amides is 1. The van der Waals surface area contributed by atoms with Crippen molar-refractivity contribution in [2.45, 2.75) is 25.2 Å². The molecule has 2 aromatic carbocycles. The van der Waals surface area contributed by atoms with Crippen LogP contribution in [0.2, 0.25) is 0 Å². The summed E-state index contributed by atoms with van der Waals surface area (Å²) < 4.78 is 20.3. The van der Waals surface area contributed by atoms with Crippen molar-refractivity contribution in [1.29, 1.82) is 0 Å². The number of halogens is 3. The molecule has 32 heavy (non-hydrogen) atoms. The van der Waals surface area contributed by atoms with E-state index >= 15 is 0 Å². The first-order valence-corrected chi connectivity index (χ1v) is 10.2. The van der Waals surface area contributed by atoms with E-state index in [1.165, 1.54) is 18.2 Å². The average molecular weight is 481 g/mol. The molecule has 4 rings (SSSR count). The molecule has 0 atom stereocenters. The molecule has 2 heterocycles. The number of likely N-dealkylation sites (tertiary alicyclic amines) is 1. The summed E-state index contributed by atoms with van der Waals surface area (Å²) in [5.74, 6) is 0.554. The fraction of sp³-hybridized carbons (Fsp3) is 0.304. The first kappa shape index (κ1) is 25.6. The molecule has 1 aromatic heterocycles. The number of piperidine rings is 1. The number of aromatic nitrogens is 2. The zero-order valence-electron chi connectivity index (χ0n) is 17.5. The lowest BCUT2D eigenvalue weighted by Gasteiger charge is -2.31. The van der Waals surface area contributed by atoms with Gasteiger partial charge >= 0.3 is 0 Å². The zero-order valence-corrected chi connectivity index (χ0v) is 19.1. The Labute approximate surface area is 199 Å². The molecule has 9 heteroatoms. The van der Waals surface area contributed by atoms with Crippen LogP contribution in [0.1, 0.15) is 40.4 Å². The number of ether oxygens (including phenoxy) is 1. The van der Waals surface area contributed by atoms with Crippen molar-refractivity contribution >= 4 is 30.7 Å². The number of carbonyl (C=O) groups is 1. The minimum Gasteiger partial charge on any atom is -0.457 e. The number of nitrogens with zero attached hydrogens (tertiary/aromatic N) is 2. The van der Waals surface area contributed by atoms with Crippen molar-refractivity contribution in [3.05, 3.63) is 77.4 Å². The fourth-order valence-corrected chi connectivity index (χ4v) is 3.82. The molecule has 1 amide bonds. The van der Waals surface area contributed by atoms with Gasteiger partial charge in [-0.1, -0.05) is 12.1 Å². The van der Waals surface area contributed by atoms with E-state index in [4.69, 9.17) is 10.5 Å². The third-order valence-electron chi connectivity index (χ3n) is 5.50. The standard InChI is InChI=1S/C23H25FN4O2.2ClH/c24-21-6-5-19(30-18-3-1-16(2-4-18)7-11-25)15-20(21)23(29)28-13-9-17(10-14-28)22-8-12-26-27-22;;/h1-6,8,12,15,17H,7,9-11,13-14,25H2,(H,26,27);2*1H. The molecule has 172 valence electrons. The van der Waals surface area contributed by atoms with Gasteiger partial charge in [-0.25, -0.2) is 4.39 Å². The summed E-state index contributed by atoms with van der Waals surface area (Å²) in [5.41, 5.74) is 7.81. The molecular weight excluding hydrogens is 454 g/mol. The van der Waals surface area contributed by atoms with Crippen LogP contribution in [0, 0.1) is 5.82 Å². The van der Waals surface area contributed by atoms with Gasteiger partial charge in [0.2, 0.25) is 0 Å². The fourth-order valence-electron chi connectivity index (χ4n) is 3.82. The molecule has 1 fully saturated rings. The molecule has 3 N–H and O–H groups in total. The number of aromatic amines is 1. The van der Waals surface area contributed by atoms with Crippen LogP contribution in [0.25, 0.3) is 0 Å². The van der Waals surface area contributed by atoms with E-state index in [2.05, 4.69) is 10.2 Å². The predicted octanol–water partition coefficient (Wildman–Crippen LogP) is 4.71. The second-order valence-electron chi connectivity index (χ2n) is 7.50. The molecule has 0 saturated carbocycles. The number of carbonyl (C=O) groups excluding carboxylic acids is 1. The van der Waals surface area contributed by atoms with Crippen LogP contribution in [0.3, 0.4) is 0 Å². The summed E-state index contributed by atoms with van der Waals surface area (Å²) >= 11 is 0. The Bertz CT molecular complexity index is 992. The molecule has 1 aliphatic rings. The Morgan fingerprint density at radius 1 is 1.09 bits per heavy atom.